The molecule has 0 N–H and O–H groups in total. The largest absolute Gasteiger partial charge is 0.339 e. The van der Waals surface area contributed by atoms with Crippen LogP contribution < -0.4 is 0 Å². The molecule has 1 saturated heterocycles. The molecule has 0 unspecified atom stereocenters. The zero-order valence-electron chi connectivity index (χ0n) is 14.1. The van der Waals surface area contributed by atoms with Crippen molar-refractivity contribution < 1.29 is 9.59 Å². The van der Waals surface area contributed by atoms with Crippen molar-refractivity contribution in [3.8, 4) is 0 Å². The Kier molecular flexibility index (Phi) is 4.64. The molecular weight excluding hydrogens is 304 g/mol. The number of amides is 2. The highest BCUT2D eigenvalue weighted by Gasteiger charge is 2.26. The van der Waals surface area contributed by atoms with E-state index in [9.17, 15) is 9.59 Å². The van der Waals surface area contributed by atoms with Crippen LogP contribution in [0.4, 0.5) is 0 Å². The van der Waals surface area contributed by atoms with Crippen molar-refractivity contribution >= 4 is 11.8 Å². The number of hydrogen-bond acceptors (Lipinski definition) is 3. The number of rotatable bonds is 3. The Morgan fingerprint density at radius 1 is 1.04 bits per heavy atom. The van der Waals surface area contributed by atoms with Gasteiger partial charge in [0.1, 0.15) is 0 Å². The monoisotopic (exact) mass is 326 g/mol. The minimum Gasteiger partial charge on any atom is -0.339 e. The Balaban J connectivity index is 1.55. The molecule has 6 heteroatoms. The first-order valence-electron chi connectivity index (χ1n) is 8.16. The zero-order valence-corrected chi connectivity index (χ0v) is 14.1. The zero-order chi connectivity index (χ0) is 17.1. The molecule has 2 aromatic rings. The lowest BCUT2D eigenvalue weighted by Gasteiger charge is -2.34. The van der Waals surface area contributed by atoms with Gasteiger partial charge in [0.05, 0.1) is 6.42 Å². The number of carbonyl (C=O) groups is 2. The lowest BCUT2D eigenvalue weighted by atomic mass is 10.1. The number of carbonyl (C=O) groups excluding carboxylic acids is 2. The molecule has 0 atom stereocenters. The summed E-state index contributed by atoms with van der Waals surface area (Å²) in [5, 5.41) is 4.24. The summed E-state index contributed by atoms with van der Waals surface area (Å²) in [6, 6.07) is 11.5. The van der Waals surface area contributed by atoms with E-state index in [1.807, 2.05) is 49.2 Å². The summed E-state index contributed by atoms with van der Waals surface area (Å²) in [6.07, 6.45) is 0.411. The summed E-state index contributed by atoms with van der Waals surface area (Å²) < 4.78 is 1.70. The smallest absolute Gasteiger partial charge is 0.274 e. The molecule has 6 nitrogen and oxygen atoms in total. The molecule has 0 bridgehead atoms. The van der Waals surface area contributed by atoms with E-state index < -0.39 is 0 Å². The molecule has 0 radical (unpaired) electrons. The number of nitrogens with zero attached hydrogens (tertiary/aromatic N) is 4. The number of piperazine rings is 1. The second kappa shape index (κ2) is 6.86. The normalized spacial score (nSPS) is 14.8. The average Bonchev–Trinajstić information content (AvgIpc) is 2.94. The van der Waals surface area contributed by atoms with Crippen molar-refractivity contribution in [3.05, 3.63) is 53.3 Å². The summed E-state index contributed by atoms with van der Waals surface area (Å²) in [5.41, 5.74) is 2.44. The van der Waals surface area contributed by atoms with Crippen LogP contribution in [0.1, 0.15) is 21.7 Å². The maximum Gasteiger partial charge on any atom is 0.274 e. The molecule has 0 saturated carbocycles. The Morgan fingerprint density at radius 3 is 2.25 bits per heavy atom. The Morgan fingerprint density at radius 2 is 1.67 bits per heavy atom. The third-order valence-corrected chi connectivity index (χ3v) is 4.45. The van der Waals surface area contributed by atoms with E-state index in [1.54, 1.807) is 15.6 Å². The Labute approximate surface area is 141 Å². The molecule has 2 amide bonds. The Hall–Kier alpha value is -2.63. The fourth-order valence-corrected chi connectivity index (χ4v) is 2.87. The van der Waals surface area contributed by atoms with Gasteiger partial charge in [-0.15, -0.1) is 0 Å². The van der Waals surface area contributed by atoms with Gasteiger partial charge in [-0.2, -0.15) is 5.10 Å². The highest BCUT2D eigenvalue weighted by molar-refractivity contribution is 5.92. The molecule has 1 aliphatic rings. The predicted molar refractivity (Wildman–Crippen MR) is 90.6 cm³/mol. The summed E-state index contributed by atoms with van der Waals surface area (Å²) in [6.45, 7) is 4.17. The second-order valence-corrected chi connectivity index (χ2v) is 6.13. The third kappa shape index (κ3) is 3.48. The molecule has 1 aromatic heterocycles. The quantitative estimate of drug-likeness (QED) is 0.853. The van der Waals surface area contributed by atoms with Crippen LogP contribution in [-0.4, -0.2) is 57.6 Å². The number of aromatic nitrogens is 2. The van der Waals surface area contributed by atoms with Gasteiger partial charge in [0.25, 0.3) is 5.91 Å². The molecule has 1 aromatic carbocycles. The van der Waals surface area contributed by atoms with E-state index in [4.69, 9.17) is 0 Å². The van der Waals surface area contributed by atoms with Crippen molar-refractivity contribution in [2.45, 2.75) is 13.3 Å². The van der Waals surface area contributed by atoms with Gasteiger partial charge in [-0.1, -0.05) is 30.3 Å². The predicted octanol–water partition coefficient (Wildman–Crippen LogP) is 1.26. The second-order valence-electron chi connectivity index (χ2n) is 6.13. The van der Waals surface area contributed by atoms with E-state index in [0.29, 0.717) is 38.3 Å². The molecule has 126 valence electrons. The van der Waals surface area contributed by atoms with Gasteiger partial charge in [-0.05, 0) is 18.6 Å². The number of benzene rings is 1. The first kappa shape index (κ1) is 16.2. The minimum atomic E-state index is -0.0612. The SMILES string of the molecule is Cc1cc(C(=O)N2CCN(C(=O)Cc3ccccc3)CC2)nn1C. The van der Waals surface area contributed by atoms with Crippen molar-refractivity contribution in [1.29, 1.82) is 0 Å². The fourth-order valence-electron chi connectivity index (χ4n) is 2.87. The van der Waals surface area contributed by atoms with E-state index in [1.165, 1.54) is 0 Å². The van der Waals surface area contributed by atoms with Gasteiger partial charge >= 0.3 is 0 Å². The van der Waals surface area contributed by atoms with Crippen LogP contribution in [0.3, 0.4) is 0 Å². The Bertz CT molecular complexity index is 711. The van der Waals surface area contributed by atoms with Gasteiger partial charge < -0.3 is 9.80 Å². The van der Waals surface area contributed by atoms with Crippen LogP contribution in [-0.2, 0) is 18.3 Å². The van der Waals surface area contributed by atoms with Crippen LogP contribution in [0.15, 0.2) is 36.4 Å². The molecule has 0 aliphatic carbocycles. The molecular formula is C18H22N4O2. The van der Waals surface area contributed by atoms with E-state index >= 15 is 0 Å². The first-order chi connectivity index (χ1) is 11.5. The van der Waals surface area contributed by atoms with Crippen LogP contribution >= 0.6 is 0 Å². The summed E-state index contributed by atoms with van der Waals surface area (Å²) >= 11 is 0. The topological polar surface area (TPSA) is 58.4 Å². The van der Waals surface area contributed by atoms with Crippen molar-refractivity contribution in [2.75, 3.05) is 26.2 Å². The van der Waals surface area contributed by atoms with Crippen molar-refractivity contribution in [2.24, 2.45) is 7.05 Å². The molecule has 3 rings (SSSR count). The van der Waals surface area contributed by atoms with E-state index in [-0.39, 0.29) is 11.8 Å². The van der Waals surface area contributed by atoms with E-state index in [2.05, 4.69) is 5.10 Å². The van der Waals surface area contributed by atoms with Crippen LogP contribution in [0, 0.1) is 6.92 Å². The van der Waals surface area contributed by atoms with Gasteiger partial charge in [0.2, 0.25) is 5.91 Å². The first-order valence-corrected chi connectivity index (χ1v) is 8.16. The standard InChI is InChI=1S/C18H22N4O2/c1-14-12-16(19-20(14)2)18(24)22-10-8-21(9-11-22)17(23)13-15-6-4-3-5-7-15/h3-7,12H,8-11,13H2,1-2H3. The minimum absolute atomic E-state index is 0.0612. The van der Waals surface area contributed by atoms with Crippen LogP contribution in [0.5, 0.6) is 0 Å². The van der Waals surface area contributed by atoms with Crippen LogP contribution in [0.25, 0.3) is 0 Å². The summed E-state index contributed by atoms with van der Waals surface area (Å²) in [7, 11) is 1.83. The van der Waals surface area contributed by atoms with Gasteiger partial charge in [-0.3, -0.25) is 14.3 Å². The van der Waals surface area contributed by atoms with Gasteiger partial charge in [0.15, 0.2) is 5.69 Å². The number of aryl methyl sites for hydroxylation is 2. The lowest BCUT2D eigenvalue weighted by molar-refractivity contribution is -0.131. The fraction of sp³-hybridized carbons (Fsp3) is 0.389. The molecule has 0 spiro atoms. The molecule has 1 fully saturated rings. The third-order valence-electron chi connectivity index (χ3n) is 4.45. The summed E-state index contributed by atoms with van der Waals surface area (Å²) in [4.78, 5) is 28.5. The molecule has 2 heterocycles. The van der Waals surface area contributed by atoms with Gasteiger partial charge in [0, 0.05) is 38.9 Å². The van der Waals surface area contributed by atoms with Crippen molar-refractivity contribution in [1.82, 2.24) is 19.6 Å². The number of hydrogen-bond donors (Lipinski definition) is 0. The molecule has 1 aliphatic heterocycles. The lowest BCUT2D eigenvalue weighted by Crippen LogP contribution is -2.51. The highest BCUT2D eigenvalue weighted by Crippen LogP contribution is 2.11. The van der Waals surface area contributed by atoms with Gasteiger partial charge in [-0.25, -0.2) is 0 Å². The summed E-state index contributed by atoms with van der Waals surface area (Å²) in [5.74, 6) is 0.0517. The van der Waals surface area contributed by atoms with Crippen LogP contribution in [0.2, 0.25) is 0 Å². The maximum atomic E-state index is 12.5. The maximum absolute atomic E-state index is 12.5. The highest BCUT2D eigenvalue weighted by atomic mass is 16.2. The van der Waals surface area contributed by atoms with E-state index in [0.717, 1.165) is 11.3 Å². The van der Waals surface area contributed by atoms with Crippen molar-refractivity contribution in [3.63, 3.8) is 0 Å². The molecule has 24 heavy (non-hydrogen) atoms. The average molecular weight is 326 g/mol.